The van der Waals surface area contributed by atoms with Crippen molar-refractivity contribution < 1.29 is 9.21 Å². The molecule has 0 saturated carbocycles. The summed E-state index contributed by atoms with van der Waals surface area (Å²) in [5, 5.41) is 13.2. The molecule has 24 heavy (non-hydrogen) atoms. The predicted molar refractivity (Wildman–Crippen MR) is 95.6 cm³/mol. The van der Waals surface area contributed by atoms with Crippen molar-refractivity contribution in [3.05, 3.63) is 39.2 Å². The maximum atomic E-state index is 12.5. The van der Waals surface area contributed by atoms with Gasteiger partial charge >= 0.3 is 0 Å². The number of furan rings is 1. The average molecular weight is 342 g/mol. The molecular formula is C19H22N2O2S. The Morgan fingerprint density at radius 2 is 2.29 bits per heavy atom. The minimum atomic E-state index is -0.204. The first-order valence-corrected chi connectivity index (χ1v) is 9.28. The van der Waals surface area contributed by atoms with Gasteiger partial charge in [-0.2, -0.15) is 5.26 Å². The van der Waals surface area contributed by atoms with Crippen molar-refractivity contribution in [3.63, 3.8) is 0 Å². The molecule has 4 nitrogen and oxygen atoms in total. The second-order valence-corrected chi connectivity index (χ2v) is 7.60. The fraction of sp³-hybridized carbons (Fsp3) is 0.474. The molecule has 2 aromatic heterocycles. The van der Waals surface area contributed by atoms with Crippen LogP contribution in [0.1, 0.15) is 64.1 Å². The second-order valence-electron chi connectivity index (χ2n) is 6.50. The molecule has 1 N–H and O–H groups in total. The zero-order valence-corrected chi connectivity index (χ0v) is 15.2. The highest BCUT2D eigenvalue weighted by atomic mass is 32.1. The van der Waals surface area contributed by atoms with Gasteiger partial charge in [0, 0.05) is 4.88 Å². The van der Waals surface area contributed by atoms with Gasteiger partial charge in [-0.05, 0) is 50.7 Å². The number of amides is 1. The molecule has 126 valence electrons. The molecular weight excluding hydrogens is 320 g/mol. The Hall–Kier alpha value is -2.06. The number of carbonyl (C=O) groups excluding carboxylic acids is 1. The molecule has 0 aromatic carbocycles. The van der Waals surface area contributed by atoms with Crippen molar-refractivity contribution >= 4 is 22.2 Å². The Morgan fingerprint density at radius 1 is 1.50 bits per heavy atom. The summed E-state index contributed by atoms with van der Waals surface area (Å²) in [6.45, 7) is 5.82. The van der Waals surface area contributed by atoms with Crippen molar-refractivity contribution in [2.45, 2.75) is 52.9 Å². The second kappa shape index (κ2) is 6.82. The maximum Gasteiger partial charge on any atom is 0.259 e. The van der Waals surface area contributed by atoms with Crippen LogP contribution in [0.3, 0.4) is 0 Å². The number of nitrogens with one attached hydrogen (secondary N) is 1. The Bertz CT molecular complexity index is 810. The number of hydrogen-bond acceptors (Lipinski definition) is 4. The van der Waals surface area contributed by atoms with Crippen LogP contribution in [0.15, 0.2) is 10.5 Å². The monoisotopic (exact) mass is 342 g/mol. The Morgan fingerprint density at radius 3 is 2.92 bits per heavy atom. The van der Waals surface area contributed by atoms with Gasteiger partial charge in [0.25, 0.3) is 5.91 Å². The van der Waals surface area contributed by atoms with Crippen molar-refractivity contribution in [1.82, 2.24) is 0 Å². The number of thiophene rings is 1. The number of nitriles is 1. The summed E-state index contributed by atoms with van der Waals surface area (Å²) < 4.78 is 5.43. The first kappa shape index (κ1) is 16.8. The van der Waals surface area contributed by atoms with Gasteiger partial charge in [-0.3, -0.25) is 4.79 Å². The van der Waals surface area contributed by atoms with E-state index >= 15 is 0 Å². The smallest absolute Gasteiger partial charge is 0.259 e. The highest BCUT2D eigenvalue weighted by Gasteiger charge is 2.26. The minimum absolute atomic E-state index is 0.204. The van der Waals surface area contributed by atoms with Crippen LogP contribution >= 0.6 is 11.3 Å². The molecule has 1 amide bonds. The number of fused-ring (bicyclic) bond motifs is 1. The normalized spacial score (nSPS) is 16.5. The summed E-state index contributed by atoms with van der Waals surface area (Å²) in [6, 6.07) is 4.04. The Balaban J connectivity index is 1.86. The molecule has 5 heteroatoms. The third-order valence-corrected chi connectivity index (χ3v) is 5.86. The molecule has 0 unspecified atom stereocenters. The van der Waals surface area contributed by atoms with Gasteiger partial charge in [-0.15, -0.1) is 11.3 Å². The molecule has 2 aromatic rings. The molecule has 3 rings (SSSR count). The lowest BCUT2D eigenvalue weighted by Crippen LogP contribution is -2.13. The SMILES string of the molecule is CCC[C@H]1CCc2c(sc(NC(=O)c3cc(C)oc3C)c2C#N)C1. The highest BCUT2D eigenvalue weighted by molar-refractivity contribution is 7.16. The zero-order chi connectivity index (χ0) is 17.3. The van der Waals surface area contributed by atoms with Crippen LogP contribution in [0.5, 0.6) is 0 Å². The molecule has 0 aliphatic heterocycles. The van der Waals surface area contributed by atoms with Crippen LogP contribution < -0.4 is 5.32 Å². The van der Waals surface area contributed by atoms with Crippen molar-refractivity contribution in [2.75, 3.05) is 5.32 Å². The molecule has 2 heterocycles. The van der Waals surface area contributed by atoms with Gasteiger partial charge in [0.05, 0.1) is 11.1 Å². The summed E-state index contributed by atoms with van der Waals surface area (Å²) in [4.78, 5) is 13.8. The quantitative estimate of drug-likeness (QED) is 0.851. The molecule has 1 atom stereocenters. The predicted octanol–water partition coefficient (Wildman–Crippen LogP) is 4.99. The maximum absolute atomic E-state index is 12.5. The Labute approximate surface area is 146 Å². The van der Waals surface area contributed by atoms with Gasteiger partial charge in [0.2, 0.25) is 0 Å². The van der Waals surface area contributed by atoms with E-state index in [4.69, 9.17) is 4.42 Å². The van der Waals surface area contributed by atoms with Crippen LogP contribution in [-0.4, -0.2) is 5.91 Å². The van der Waals surface area contributed by atoms with E-state index in [2.05, 4.69) is 18.3 Å². The van der Waals surface area contributed by atoms with E-state index in [9.17, 15) is 10.1 Å². The number of anilines is 1. The van der Waals surface area contributed by atoms with Crippen LogP contribution in [-0.2, 0) is 12.8 Å². The van der Waals surface area contributed by atoms with E-state index < -0.39 is 0 Å². The largest absolute Gasteiger partial charge is 0.466 e. The number of hydrogen-bond donors (Lipinski definition) is 1. The van der Waals surface area contributed by atoms with Gasteiger partial charge in [0.1, 0.15) is 22.6 Å². The summed E-state index contributed by atoms with van der Waals surface area (Å²) in [5.41, 5.74) is 2.33. The van der Waals surface area contributed by atoms with E-state index in [0.29, 0.717) is 33.6 Å². The number of carbonyl (C=O) groups is 1. The standard InChI is InChI=1S/C19H22N2O2S/c1-4-5-13-6-7-14-16(10-20)19(24-17(14)9-13)21-18(22)15-8-11(2)23-12(15)3/h8,13H,4-7,9H2,1-3H3,(H,21,22)/t13-/m0/s1. The van der Waals surface area contributed by atoms with E-state index in [1.807, 2.05) is 6.92 Å². The highest BCUT2D eigenvalue weighted by Crippen LogP contribution is 2.40. The summed E-state index contributed by atoms with van der Waals surface area (Å²) >= 11 is 1.57. The third-order valence-electron chi connectivity index (χ3n) is 4.69. The fourth-order valence-corrected chi connectivity index (χ4v) is 4.85. The fourth-order valence-electron chi connectivity index (χ4n) is 3.54. The van der Waals surface area contributed by atoms with Gasteiger partial charge in [-0.1, -0.05) is 19.8 Å². The average Bonchev–Trinajstić information content (AvgIpc) is 3.05. The number of aryl methyl sites for hydroxylation is 2. The third kappa shape index (κ3) is 3.11. The molecule has 0 radical (unpaired) electrons. The lowest BCUT2D eigenvalue weighted by atomic mass is 9.85. The van der Waals surface area contributed by atoms with Gasteiger partial charge in [0.15, 0.2) is 0 Å². The topological polar surface area (TPSA) is 66.0 Å². The molecule has 0 bridgehead atoms. The lowest BCUT2D eigenvalue weighted by molar-refractivity contribution is 0.102. The number of rotatable bonds is 4. The van der Waals surface area contributed by atoms with Crippen LogP contribution in [0.25, 0.3) is 0 Å². The first-order chi connectivity index (χ1) is 11.5. The minimum Gasteiger partial charge on any atom is -0.466 e. The molecule has 0 saturated heterocycles. The van der Waals surface area contributed by atoms with Crippen LogP contribution in [0, 0.1) is 31.1 Å². The lowest BCUT2D eigenvalue weighted by Gasteiger charge is -2.21. The summed E-state index contributed by atoms with van der Waals surface area (Å²) in [6.07, 6.45) is 5.54. The number of nitrogens with zero attached hydrogens (tertiary/aromatic N) is 1. The molecule has 0 fully saturated rings. The van der Waals surface area contributed by atoms with Crippen molar-refractivity contribution in [1.29, 1.82) is 5.26 Å². The van der Waals surface area contributed by atoms with Gasteiger partial charge in [-0.25, -0.2) is 0 Å². The van der Waals surface area contributed by atoms with E-state index in [-0.39, 0.29) is 5.91 Å². The van der Waals surface area contributed by atoms with Crippen molar-refractivity contribution in [3.8, 4) is 6.07 Å². The molecule has 0 spiro atoms. The summed E-state index contributed by atoms with van der Waals surface area (Å²) in [5.74, 6) is 1.82. The van der Waals surface area contributed by atoms with Crippen molar-refractivity contribution in [2.24, 2.45) is 5.92 Å². The first-order valence-electron chi connectivity index (χ1n) is 8.46. The van der Waals surface area contributed by atoms with E-state index in [0.717, 1.165) is 24.8 Å². The van der Waals surface area contributed by atoms with E-state index in [1.165, 1.54) is 17.7 Å². The van der Waals surface area contributed by atoms with Crippen LogP contribution in [0.2, 0.25) is 0 Å². The van der Waals surface area contributed by atoms with Crippen LogP contribution in [0.4, 0.5) is 5.00 Å². The van der Waals surface area contributed by atoms with Gasteiger partial charge < -0.3 is 9.73 Å². The summed E-state index contributed by atoms with van der Waals surface area (Å²) in [7, 11) is 0. The molecule has 1 aliphatic rings. The van der Waals surface area contributed by atoms with E-state index in [1.54, 1.807) is 24.3 Å². The Kier molecular flexibility index (Phi) is 4.77. The molecule has 1 aliphatic carbocycles. The zero-order valence-electron chi connectivity index (χ0n) is 14.4.